The number of carbonyl (C=O) groups is 1. The van der Waals surface area contributed by atoms with Gasteiger partial charge in [-0.05, 0) is 46.5 Å². The van der Waals surface area contributed by atoms with Crippen LogP contribution in [-0.2, 0) is 4.79 Å². The molecule has 1 N–H and O–H groups in total. The predicted molar refractivity (Wildman–Crippen MR) is 76.6 cm³/mol. The Morgan fingerprint density at radius 2 is 2.22 bits per heavy atom. The third-order valence-corrected chi connectivity index (χ3v) is 3.45. The first-order valence-corrected chi connectivity index (χ1v) is 7.24. The third-order valence-electron chi connectivity index (χ3n) is 3.45. The van der Waals surface area contributed by atoms with Gasteiger partial charge < -0.3 is 10.2 Å². The van der Waals surface area contributed by atoms with Gasteiger partial charge in [0.2, 0.25) is 5.91 Å². The maximum absolute atomic E-state index is 11.6. The lowest BCUT2D eigenvalue weighted by Crippen LogP contribution is -2.41. The lowest BCUT2D eigenvalue weighted by atomic mass is 10.1. The topological polar surface area (TPSA) is 32.3 Å². The van der Waals surface area contributed by atoms with Gasteiger partial charge in [0.1, 0.15) is 0 Å². The lowest BCUT2D eigenvalue weighted by Gasteiger charge is -2.27. The monoisotopic (exact) mass is 252 g/mol. The van der Waals surface area contributed by atoms with Crippen LogP contribution in [-0.4, -0.2) is 36.5 Å². The maximum Gasteiger partial charge on any atom is 0.222 e. The van der Waals surface area contributed by atoms with Crippen LogP contribution in [0.5, 0.6) is 0 Å². The SMILES string of the molecule is CC(C)=CCC[C@@H](C)NCCN1CCCCC1=O. The molecule has 1 amide bonds. The van der Waals surface area contributed by atoms with Crippen LogP contribution in [0.15, 0.2) is 11.6 Å². The van der Waals surface area contributed by atoms with E-state index in [1.807, 2.05) is 4.90 Å². The fraction of sp³-hybridized carbons (Fsp3) is 0.800. The lowest BCUT2D eigenvalue weighted by molar-refractivity contribution is -0.133. The predicted octanol–water partition coefficient (Wildman–Crippen LogP) is 2.72. The van der Waals surface area contributed by atoms with Gasteiger partial charge in [0, 0.05) is 32.1 Å². The quantitative estimate of drug-likeness (QED) is 0.707. The van der Waals surface area contributed by atoms with Crippen molar-refractivity contribution in [2.75, 3.05) is 19.6 Å². The number of likely N-dealkylation sites (tertiary alicyclic amines) is 1. The number of amides is 1. The number of allylic oxidation sites excluding steroid dienone is 2. The molecule has 0 spiro atoms. The van der Waals surface area contributed by atoms with Gasteiger partial charge in [-0.15, -0.1) is 0 Å². The highest BCUT2D eigenvalue weighted by atomic mass is 16.2. The first kappa shape index (κ1) is 15.2. The number of hydrogen-bond acceptors (Lipinski definition) is 2. The number of rotatable bonds is 7. The molecule has 1 aliphatic heterocycles. The second kappa shape index (κ2) is 8.30. The highest BCUT2D eigenvalue weighted by Gasteiger charge is 2.17. The summed E-state index contributed by atoms with van der Waals surface area (Å²) in [5.41, 5.74) is 1.39. The summed E-state index contributed by atoms with van der Waals surface area (Å²) in [5, 5.41) is 3.50. The number of hydrogen-bond donors (Lipinski definition) is 1. The summed E-state index contributed by atoms with van der Waals surface area (Å²) in [6.07, 6.45) is 7.57. The zero-order chi connectivity index (χ0) is 13.4. The average Bonchev–Trinajstić information content (AvgIpc) is 2.31. The summed E-state index contributed by atoms with van der Waals surface area (Å²) in [6.45, 7) is 9.23. The Hall–Kier alpha value is -0.830. The molecule has 0 bridgehead atoms. The normalized spacial score (nSPS) is 17.7. The van der Waals surface area contributed by atoms with Gasteiger partial charge in [-0.1, -0.05) is 11.6 Å². The van der Waals surface area contributed by atoms with Crippen LogP contribution in [0.25, 0.3) is 0 Å². The Labute approximate surface area is 112 Å². The van der Waals surface area contributed by atoms with E-state index >= 15 is 0 Å². The van der Waals surface area contributed by atoms with Crippen molar-refractivity contribution in [2.45, 2.75) is 58.9 Å². The Morgan fingerprint density at radius 1 is 1.44 bits per heavy atom. The van der Waals surface area contributed by atoms with Crippen LogP contribution in [0.1, 0.15) is 52.9 Å². The molecule has 0 aromatic carbocycles. The van der Waals surface area contributed by atoms with Crippen LogP contribution < -0.4 is 5.32 Å². The van der Waals surface area contributed by atoms with E-state index in [9.17, 15) is 4.79 Å². The molecule has 1 fully saturated rings. The highest BCUT2D eigenvalue weighted by Crippen LogP contribution is 2.09. The summed E-state index contributed by atoms with van der Waals surface area (Å²) in [7, 11) is 0. The average molecular weight is 252 g/mol. The minimum Gasteiger partial charge on any atom is -0.341 e. The van der Waals surface area contributed by atoms with Crippen molar-refractivity contribution in [1.29, 1.82) is 0 Å². The van der Waals surface area contributed by atoms with E-state index in [4.69, 9.17) is 0 Å². The zero-order valence-electron chi connectivity index (χ0n) is 12.2. The van der Waals surface area contributed by atoms with Gasteiger partial charge in [0.15, 0.2) is 0 Å². The minimum absolute atomic E-state index is 0.334. The van der Waals surface area contributed by atoms with Crippen LogP contribution in [0.4, 0.5) is 0 Å². The highest BCUT2D eigenvalue weighted by molar-refractivity contribution is 5.76. The van der Waals surface area contributed by atoms with Crippen LogP contribution in [0.3, 0.4) is 0 Å². The maximum atomic E-state index is 11.6. The molecule has 1 aliphatic rings. The Balaban J connectivity index is 2.09. The van der Waals surface area contributed by atoms with E-state index in [0.717, 1.165) is 38.9 Å². The molecule has 1 rings (SSSR count). The fourth-order valence-corrected chi connectivity index (χ4v) is 2.27. The molecule has 0 unspecified atom stereocenters. The molecule has 1 heterocycles. The molecule has 0 saturated carbocycles. The van der Waals surface area contributed by atoms with E-state index in [2.05, 4.69) is 32.2 Å². The second-order valence-electron chi connectivity index (χ2n) is 5.55. The molecule has 3 heteroatoms. The van der Waals surface area contributed by atoms with Crippen molar-refractivity contribution in [1.82, 2.24) is 10.2 Å². The summed E-state index contributed by atoms with van der Waals surface area (Å²) < 4.78 is 0. The number of carbonyl (C=O) groups excluding carboxylic acids is 1. The van der Waals surface area contributed by atoms with Crippen molar-refractivity contribution in [3.05, 3.63) is 11.6 Å². The van der Waals surface area contributed by atoms with Gasteiger partial charge in [0.25, 0.3) is 0 Å². The molecule has 0 aromatic rings. The van der Waals surface area contributed by atoms with E-state index in [1.165, 1.54) is 18.4 Å². The number of nitrogens with zero attached hydrogens (tertiary/aromatic N) is 1. The van der Waals surface area contributed by atoms with Crippen molar-refractivity contribution < 1.29 is 4.79 Å². The molecule has 0 radical (unpaired) electrons. The fourth-order valence-electron chi connectivity index (χ4n) is 2.27. The van der Waals surface area contributed by atoms with Crippen molar-refractivity contribution in [3.63, 3.8) is 0 Å². The summed E-state index contributed by atoms with van der Waals surface area (Å²) in [6, 6.07) is 0.528. The Bertz CT molecular complexity index is 282. The van der Waals surface area contributed by atoms with E-state index in [1.54, 1.807) is 0 Å². The van der Waals surface area contributed by atoms with Crippen molar-refractivity contribution in [3.8, 4) is 0 Å². The molecule has 0 aromatic heterocycles. The largest absolute Gasteiger partial charge is 0.341 e. The van der Waals surface area contributed by atoms with Crippen LogP contribution >= 0.6 is 0 Å². The van der Waals surface area contributed by atoms with Crippen molar-refractivity contribution in [2.24, 2.45) is 0 Å². The standard InChI is InChI=1S/C15H28N2O/c1-13(2)7-6-8-14(3)16-10-12-17-11-5-4-9-15(17)18/h7,14,16H,4-6,8-12H2,1-3H3/t14-/m1/s1. The molecule has 0 aliphatic carbocycles. The van der Waals surface area contributed by atoms with Crippen LogP contribution in [0, 0.1) is 0 Å². The Kier molecular flexibility index (Phi) is 7.02. The van der Waals surface area contributed by atoms with Crippen molar-refractivity contribution >= 4 is 5.91 Å². The minimum atomic E-state index is 0.334. The summed E-state index contributed by atoms with van der Waals surface area (Å²) >= 11 is 0. The summed E-state index contributed by atoms with van der Waals surface area (Å²) in [4.78, 5) is 13.6. The van der Waals surface area contributed by atoms with Gasteiger partial charge in [-0.25, -0.2) is 0 Å². The van der Waals surface area contributed by atoms with Gasteiger partial charge >= 0.3 is 0 Å². The third kappa shape index (κ3) is 6.20. The molecule has 1 atom stereocenters. The van der Waals surface area contributed by atoms with E-state index in [0.29, 0.717) is 11.9 Å². The molecule has 3 nitrogen and oxygen atoms in total. The second-order valence-corrected chi connectivity index (χ2v) is 5.55. The molecule has 104 valence electrons. The first-order chi connectivity index (χ1) is 8.59. The smallest absolute Gasteiger partial charge is 0.222 e. The van der Waals surface area contributed by atoms with E-state index in [-0.39, 0.29) is 0 Å². The Morgan fingerprint density at radius 3 is 2.89 bits per heavy atom. The molecule has 18 heavy (non-hydrogen) atoms. The molecular weight excluding hydrogens is 224 g/mol. The number of nitrogens with one attached hydrogen (secondary N) is 1. The van der Waals surface area contributed by atoms with Gasteiger partial charge in [-0.2, -0.15) is 0 Å². The zero-order valence-corrected chi connectivity index (χ0v) is 12.2. The van der Waals surface area contributed by atoms with Crippen LogP contribution in [0.2, 0.25) is 0 Å². The van der Waals surface area contributed by atoms with Gasteiger partial charge in [0.05, 0.1) is 0 Å². The first-order valence-electron chi connectivity index (χ1n) is 7.24. The van der Waals surface area contributed by atoms with E-state index < -0.39 is 0 Å². The summed E-state index contributed by atoms with van der Waals surface area (Å²) in [5.74, 6) is 0.334. The molecular formula is C15H28N2O. The van der Waals surface area contributed by atoms with Gasteiger partial charge in [-0.3, -0.25) is 4.79 Å². The molecule has 1 saturated heterocycles. The number of piperidine rings is 1.